The van der Waals surface area contributed by atoms with Gasteiger partial charge in [-0.3, -0.25) is 4.79 Å². The molecule has 0 unspecified atom stereocenters. The molecule has 1 atom stereocenters. The monoisotopic (exact) mass is 342 g/mol. The van der Waals surface area contributed by atoms with Crippen molar-refractivity contribution in [2.45, 2.75) is 46.1 Å². The molecule has 0 radical (unpaired) electrons. The van der Waals surface area contributed by atoms with Gasteiger partial charge in [-0.2, -0.15) is 0 Å². The normalized spacial score (nSPS) is 17.6. The number of hydrogen-bond acceptors (Lipinski definition) is 4. The fourth-order valence-electron chi connectivity index (χ4n) is 3.33. The molecule has 3 rings (SSSR count). The van der Waals surface area contributed by atoms with Crippen LogP contribution in [-0.2, 0) is 11.3 Å². The summed E-state index contributed by atoms with van der Waals surface area (Å²) in [6.45, 7) is 8.50. The maximum atomic E-state index is 12.6. The summed E-state index contributed by atoms with van der Waals surface area (Å²) >= 11 is 0. The van der Waals surface area contributed by atoms with Crippen LogP contribution in [0.25, 0.3) is 0 Å². The van der Waals surface area contributed by atoms with E-state index in [9.17, 15) is 4.79 Å². The number of benzene rings is 1. The number of nitrogens with zero attached hydrogens (tertiary/aromatic N) is 4. The molecule has 0 bridgehead atoms. The quantitative estimate of drug-likeness (QED) is 0.838. The smallest absolute Gasteiger partial charge is 0.260 e. The Morgan fingerprint density at radius 3 is 3.00 bits per heavy atom. The van der Waals surface area contributed by atoms with Gasteiger partial charge < -0.3 is 14.2 Å². The van der Waals surface area contributed by atoms with Crippen molar-refractivity contribution in [3.05, 3.63) is 41.5 Å². The summed E-state index contributed by atoms with van der Waals surface area (Å²) in [5.41, 5.74) is 2.18. The maximum Gasteiger partial charge on any atom is 0.260 e. The van der Waals surface area contributed by atoms with E-state index in [-0.39, 0.29) is 18.4 Å². The molecule has 25 heavy (non-hydrogen) atoms. The van der Waals surface area contributed by atoms with Gasteiger partial charge >= 0.3 is 0 Å². The van der Waals surface area contributed by atoms with Gasteiger partial charge in [-0.05, 0) is 50.8 Å². The minimum absolute atomic E-state index is 0.0353. The summed E-state index contributed by atoms with van der Waals surface area (Å²) in [7, 11) is 0. The van der Waals surface area contributed by atoms with Gasteiger partial charge in [0.05, 0.1) is 0 Å². The number of likely N-dealkylation sites (tertiary alicyclic amines) is 1. The average molecular weight is 342 g/mol. The molecular weight excluding hydrogens is 316 g/mol. The third kappa shape index (κ3) is 4.00. The number of piperidine rings is 1. The Morgan fingerprint density at radius 2 is 2.20 bits per heavy atom. The molecule has 1 fully saturated rings. The van der Waals surface area contributed by atoms with Crippen LogP contribution in [-0.4, -0.2) is 45.3 Å². The van der Waals surface area contributed by atoms with Gasteiger partial charge in [0.1, 0.15) is 17.9 Å². The lowest BCUT2D eigenvalue weighted by Gasteiger charge is -2.32. The summed E-state index contributed by atoms with van der Waals surface area (Å²) in [6, 6.07) is 6.04. The number of rotatable bonds is 5. The number of aryl methyl sites for hydroxylation is 3. The van der Waals surface area contributed by atoms with Crippen LogP contribution in [0.2, 0.25) is 0 Å². The first-order valence-corrected chi connectivity index (χ1v) is 8.94. The van der Waals surface area contributed by atoms with Gasteiger partial charge in [0.15, 0.2) is 6.61 Å². The molecule has 1 aromatic heterocycles. The van der Waals surface area contributed by atoms with Crippen LogP contribution in [0.1, 0.15) is 42.6 Å². The SMILES string of the molecule is CCn1cnnc1[C@@H]1CCCN(C(=O)COc2cc(C)ccc2C)C1. The molecular formula is C19H26N4O2. The minimum atomic E-state index is 0.0353. The predicted octanol–water partition coefficient (Wildman–Crippen LogP) is 2.70. The number of carbonyl (C=O) groups excluding carboxylic acids is 1. The molecule has 1 aromatic carbocycles. The Labute approximate surface area is 148 Å². The van der Waals surface area contributed by atoms with Crippen LogP contribution in [0, 0.1) is 13.8 Å². The Kier molecular flexibility index (Phi) is 5.36. The van der Waals surface area contributed by atoms with Gasteiger partial charge in [0.2, 0.25) is 0 Å². The Bertz CT molecular complexity index is 741. The van der Waals surface area contributed by atoms with Crippen molar-refractivity contribution in [3.8, 4) is 5.75 Å². The molecule has 0 saturated carbocycles. The molecule has 6 heteroatoms. The molecule has 134 valence electrons. The molecule has 1 aliphatic heterocycles. The van der Waals surface area contributed by atoms with E-state index >= 15 is 0 Å². The first-order valence-electron chi connectivity index (χ1n) is 8.94. The van der Waals surface area contributed by atoms with Crippen molar-refractivity contribution in [2.75, 3.05) is 19.7 Å². The predicted molar refractivity (Wildman–Crippen MR) is 95.7 cm³/mol. The topological polar surface area (TPSA) is 60.2 Å². The lowest BCUT2D eigenvalue weighted by atomic mass is 9.97. The summed E-state index contributed by atoms with van der Waals surface area (Å²) in [6.07, 6.45) is 3.79. The van der Waals surface area contributed by atoms with Crippen LogP contribution >= 0.6 is 0 Å². The molecule has 2 aromatic rings. The first kappa shape index (κ1) is 17.5. The van der Waals surface area contributed by atoms with Crippen molar-refractivity contribution < 1.29 is 9.53 Å². The van der Waals surface area contributed by atoms with E-state index in [1.54, 1.807) is 6.33 Å². The highest BCUT2D eigenvalue weighted by Crippen LogP contribution is 2.26. The standard InChI is InChI=1S/C19H26N4O2/c1-4-22-13-20-21-19(22)16-6-5-9-23(11-16)18(24)12-25-17-10-14(2)7-8-15(17)3/h7-8,10,13,16H,4-6,9,11-12H2,1-3H3/t16-/m1/s1. The van der Waals surface area contributed by atoms with Gasteiger partial charge in [-0.15, -0.1) is 10.2 Å². The van der Waals surface area contributed by atoms with Crippen molar-refractivity contribution in [1.82, 2.24) is 19.7 Å². The van der Waals surface area contributed by atoms with Crippen molar-refractivity contribution in [2.24, 2.45) is 0 Å². The average Bonchev–Trinajstić information content (AvgIpc) is 3.11. The van der Waals surface area contributed by atoms with Crippen molar-refractivity contribution in [1.29, 1.82) is 0 Å². The third-order valence-electron chi connectivity index (χ3n) is 4.82. The second-order valence-corrected chi connectivity index (χ2v) is 6.71. The zero-order chi connectivity index (χ0) is 17.8. The van der Waals surface area contributed by atoms with E-state index in [1.165, 1.54) is 0 Å². The summed E-state index contributed by atoms with van der Waals surface area (Å²) in [4.78, 5) is 14.5. The number of ether oxygens (including phenoxy) is 1. The molecule has 0 N–H and O–H groups in total. The third-order valence-corrected chi connectivity index (χ3v) is 4.82. The minimum Gasteiger partial charge on any atom is -0.483 e. The van der Waals surface area contributed by atoms with E-state index in [0.29, 0.717) is 6.54 Å². The van der Waals surface area contributed by atoms with E-state index in [1.807, 2.05) is 36.9 Å². The van der Waals surface area contributed by atoms with Crippen LogP contribution in [0.3, 0.4) is 0 Å². The van der Waals surface area contributed by atoms with E-state index in [0.717, 1.165) is 48.6 Å². The van der Waals surface area contributed by atoms with E-state index in [4.69, 9.17) is 4.74 Å². The highest BCUT2D eigenvalue weighted by Gasteiger charge is 2.27. The molecule has 1 amide bonds. The fraction of sp³-hybridized carbons (Fsp3) is 0.526. The second kappa shape index (κ2) is 7.68. The molecule has 0 spiro atoms. The van der Waals surface area contributed by atoms with Gasteiger partial charge in [0, 0.05) is 25.6 Å². The zero-order valence-electron chi connectivity index (χ0n) is 15.2. The Morgan fingerprint density at radius 1 is 1.36 bits per heavy atom. The summed E-state index contributed by atoms with van der Waals surface area (Å²) in [5, 5.41) is 8.28. The molecule has 6 nitrogen and oxygen atoms in total. The molecule has 0 aliphatic carbocycles. The largest absolute Gasteiger partial charge is 0.483 e. The van der Waals surface area contributed by atoms with Crippen LogP contribution in [0.15, 0.2) is 24.5 Å². The van der Waals surface area contributed by atoms with E-state index in [2.05, 4.69) is 21.7 Å². The van der Waals surface area contributed by atoms with Crippen molar-refractivity contribution >= 4 is 5.91 Å². The zero-order valence-corrected chi connectivity index (χ0v) is 15.2. The number of amides is 1. The fourth-order valence-corrected chi connectivity index (χ4v) is 3.33. The summed E-state index contributed by atoms with van der Waals surface area (Å²) in [5.74, 6) is 2.05. The van der Waals surface area contributed by atoms with E-state index < -0.39 is 0 Å². The van der Waals surface area contributed by atoms with Gasteiger partial charge in [-0.25, -0.2) is 0 Å². The Hall–Kier alpha value is -2.37. The van der Waals surface area contributed by atoms with Crippen LogP contribution in [0.5, 0.6) is 5.75 Å². The maximum absolute atomic E-state index is 12.6. The van der Waals surface area contributed by atoms with Crippen LogP contribution in [0.4, 0.5) is 0 Å². The molecule has 1 aliphatic rings. The first-order chi connectivity index (χ1) is 12.1. The lowest BCUT2D eigenvalue weighted by Crippen LogP contribution is -2.42. The summed E-state index contributed by atoms with van der Waals surface area (Å²) < 4.78 is 7.84. The second-order valence-electron chi connectivity index (χ2n) is 6.71. The van der Waals surface area contributed by atoms with Crippen LogP contribution < -0.4 is 4.74 Å². The lowest BCUT2D eigenvalue weighted by molar-refractivity contribution is -0.134. The Balaban J connectivity index is 1.61. The number of hydrogen-bond donors (Lipinski definition) is 0. The number of carbonyl (C=O) groups is 1. The highest BCUT2D eigenvalue weighted by atomic mass is 16.5. The molecule has 2 heterocycles. The van der Waals surface area contributed by atoms with Crippen molar-refractivity contribution in [3.63, 3.8) is 0 Å². The van der Waals surface area contributed by atoms with Gasteiger partial charge in [-0.1, -0.05) is 12.1 Å². The number of aromatic nitrogens is 3. The van der Waals surface area contributed by atoms with Gasteiger partial charge in [0.25, 0.3) is 5.91 Å². The highest BCUT2D eigenvalue weighted by molar-refractivity contribution is 5.78. The molecule has 1 saturated heterocycles.